The SMILES string of the molecule is CCC(C)(CC)CC=CCCl. The molecule has 0 heterocycles. The first-order valence-corrected chi connectivity index (χ1v) is 4.93. The molecule has 0 aromatic rings. The number of allylic oxidation sites excluding steroid dienone is 2. The van der Waals surface area contributed by atoms with Crippen LogP contribution in [0.4, 0.5) is 0 Å². The van der Waals surface area contributed by atoms with Crippen LogP contribution in [0, 0.1) is 5.41 Å². The van der Waals surface area contributed by atoms with Crippen molar-refractivity contribution >= 4 is 11.6 Å². The molecule has 11 heavy (non-hydrogen) atoms. The van der Waals surface area contributed by atoms with Crippen molar-refractivity contribution in [3.63, 3.8) is 0 Å². The molecule has 0 unspecified atom stereocenters. The Morgan fingerprint density at radius 1 is 1.18 bits per heavy atom. The van der Waals surface area contributed by atoms with Gasteiger partial charge in [0.15, 0.2) is 0 Å². The molecule has 0 aromatic heterocycles. The summed E-state index contributed by atoms with van der Waals surface area (Å²) in [6.07, 6.45) is 7.88. The molecule has 1 heteroatoms. The highest BCUT2D eigenvalue weighted by atomic mass is 35.5. The van der Waals surface area contributed by atoms with Crippen LogP contribution in [0.5, 0.6) is 0 Å². The molecule has 0 bridgehead atoms. The van der Waals surface area contributed by atoms with Crippen molar-refractivity contribution < 1.29 is 0 Å². The van der Waals surface area contributed by atoms with E-state index in [0.29, 0.717) is 11.3 Å². The van der Waals surface area contributed by atoms with E-state index in [1.807, 2.05) is 6.08 Å². The van der Waals surface area contributed by atoms with Crippen LogP contribution in [-0.2, 0) is 0 Å². The molecule has 0 aliphatic rings. The van der Waals surface area contributed by atoms with Gasteiger partial charge in [-0.3, -0.25) is 0 Å². The average molecular weight is 175 g/mol. The molecule has 66 valence electrons. The van der Waals surface area contributed by atoms with Crippen LogP contribution in [0.2, 0.25) is 0 Å². The molecule has 0 amide bonds. The van der Waals surface area contributed by atoms with Gasteiger partial charge in [0, 0.05) is 5.88 Å². The third kappa shape index (κ3) is 4.47. The maximum absolute atomic E-state index is 5.53. The van der Waals surface area contributed by atoms with Crippen LogP contribution < -0.4 is 0 Å². The Kier molecular flexibility index (Phi) is 5.67. The maximum atomic E-state index is 5.53. The summed E-state index contributed by atoms with van der Waals surface area (Å²) in [5.74, 6) is 0.642. The predicted molar refractivity (Wildman–Crippen MR) is 53.2 cm³/mol. The number of rotatable bonds is 5. The molecular weight excluding hydrogens is 156 g/mol. The van der Waals surface area contributed by atoms with Crippen LogP contribution >= 0.6 is 11.6 Å². The maximum Gasteiger partial charge on any atom is 0.0404 e. The van der Waals surface area contributed by atoms with Crippen molar-refractivity contribution in [3.05, 3.63) is 12.2 Å². The van der Waals surface area contributed by atoms with Gasteiger partial charge in [0.25, 0.3) is 0 Å². The summed E-state index contributed by atoms with van der Waals surface area (Å²) in [6, 6.07) is 0. The monoisotopic (exact) mass is 174 g/mol. The number of alkyl halides is 1. The van der Waals surface area contributed by atoms with E-state index in [4.69, 9.17) is 11.6 Å². The molecule has 0 radical (unpaired) electrons. The molecule has 0 fully saturated rings. The smallest absolute Gasteiger partial charge is 0.0404 e. The van der Waals surface area contributed by atoms with Gasteiger partial charge in [-0.1, -0.05) is 45.8 Å². The second-order valence-electron chi connectivity index (χ2n) is 3.35. The highest BCUT2D eigenvalue weighted by Gasteiger charge is 2.16. The van der Waals surface area contributed by atoms with Crippen LogP contribution in [0.15, 0.2) is 12.2 Å². The van der Waals surface area contributed by atoms with Crippen LogP contribution in [0.3, 0.4) is 0 Å². The number of hydrogen-bond donors (Lipinski definition) is 0. The van der Waals surface area contributed by atoms with Crippen molar-refractivity contribution in [1.82, 2.24) is 0 Å². The van der Waals surface area contributed by atoms with E-state index in [0.717, 1.165) is 6.42 Å². The van der Waals surface area contributed by atoms with E-state index in [1.165, 1.54) is 12.8 Å². The minimum atomic E-state index is 0.489. The fraction of sp³-hybridized carbons (Fsp3) is 0.800. The summed E-state index contributed by atoms with van der Waals surface area (Å²) in [4.78, 5) is 0. The summed E-state index contributed by atoms with van der Waals surface area (Å²) in [7, 11) is 0. The van der Waals surface area contributed by atoms with E-state index in [9.17, 15) is 0 Å². The fourth-order valence-electron chi connectivity index (χ4n) is 0.970. The van der Waals surface area contributed by atoms with Gasteiger partial charge in [-0.15, -0.1) is 11.6 Å². The Morgan fingerprint density at radius 3 is 2.09 bits per heavy atom. The molecule has 0 atom stereocenters. The zero-order valence-corrected chi connectivity index (χ0v) is 8.62. The third-order valence-corrected chi connectivity index (χ3v) is 2.75. The van der Waals surface area contributed by atoms with Crippen molar-refractivity contribution in [1.29, 1.82) is 0 Å². The zero-order chi connectivity index (χ0) is 8.74. The average Bonchev–Trinajstić information content (AvgIpc) is 2.05. The molecule has 0 saturated heterocycles. The van der Waals surface area contributed by atoms with E-state index in [2.05, 4.69) is 26.8 Å². The molecule has 0 N–H and O–H groups in total. The van der Waals surface area contributed by atoms with Gasteiger partial charge >= 0.3 is 0 Å². The first-order valence-electron chi connectivity index (χ1n) is 4.39. The van der Waals surface area contributed by atoms with Gasteiger partial charge in [0.2, 0.25) is 0 Å². The van der Waals surface area contributed by atoms with E-state index < -0.39 is 0 Å². The van der Waals surface area contributed by atoms with Gasteiger partial charge in [-0.05, 0) is 11.8 Å². The van der Waals surface area contributed by atoms with Gasteiger partial charge in [-0.2, -0.15) is 0 Å². The molecule has 0 saturated carbocycles. The van der Waals surface area contributed by atoms with E-state index in [-0.39, 0.29) is 0 Å². The summed E-state index contributed by atoms with van der Waals surface area (Å²) >= 11 is 5.53. The highest BCUT2D eigenvalue weighted by Crippen LogP contribution is 2.29. The van der Waals surface area contributed by atoms with Crippen LogP contribution in [0.1, 0.15) is 40.0 Å². The topological polar surface area (TPSA) is 0 Å². The molecule has 0 nitrogen and oxygen atoms in total. The molecule has 0 spiro atoms. The minimum absolute atomic E-state index is 0.489. The highest BCUT2D eigenvalue weighted by molar-refractivity contribution is 6.18. The lowest BCUT2D eigenvalue weighted by molar-refractivity contribution is 0.302. The third-order valence-electron chi connectivity index (χ3n) is 2.57. The summed E-state index contributed by atoms with van der Waals surface area (Å²) in [6.45, 7) is 6.82. The van der Waals surface area contributed by atoms with Crippen molar-refractivity contribution in [2.24, 2.45) is 5.41 Å². The second kappa shape index (κ2) is 5.65. The zero-order valence-electron chi connectivity index (χ0n) is 7.86. The van der Waals surface area contributed by atoms with E-state index >= 15 is 0 Å². The first-order chi connectivity index (χ1) is 5.18. The number of hydrogen-bond acceptors (Lipinski definition) is 0. The van der Waals surface area contributed by atoms with Gasteiger partial charge in [-0.25, -0.2) is 0 Å². The molecule has 0 aliphatic heterocycles. The Labute approximate surface area is 75.6 Å². The molecule has 0 aromatic carbocycles. The minimum Gasteiger partial charge on any atom is -0.122 e. The normalized spacial score (nSPS) is 12.7. The van der Waals surface area contributed by atoms with E-state index in [1.54, 1.807) is 0 Å². The second-order valence-corrected chi connectivity index (χ2v) is 3.66. The first kappa shape index (κ1) is 11.0. The Morgan fingerprint density at radius 2 is 1.73 bits per heavy atom. The lowest BCUT2D eigenvalue weighted by Crippen LogP contribution is -2.11. The lowest BCUT2D eigenvalue weighted by Gasteiger charge is -2.24. The fourth-order valence-corrected chi connectivity index (χ4v) is 1.10. The van der Waals surface area contributed by atoms with Crippen molar-refractivity contribution in [2.45, 2.75) is 40.0 Å². The summed E-state index contributed by atoms with van der Waals surface area (Å²) < 4.78 is 0. The predicted octanol–water partition coefficient (Wildman–Crippen LogP) is 4.00. The van der Waals surface area contributed by atoms with Gasteiger partial charge in [0.05, 0.1) is 0 Å². The molecule has 0 rings (SSSR count). The van der Waals surface area contributed by atoms with Crippen LogP contribution in [0.25, 0.3) is 0 Å². The quantitative estimate of drug-likeness (QED) is 0.437. The van der Waals surface area contributed by atoms with Gasteiger partial charge < -0.3 is 0 Å². The summed E-state index contributed by atoms with van der Waals surface area (Å²) in [5, 5.41) is 0. The van der Waals surface area contributed by atoms with Crippen molar-refractivity contribution in [3.8, 4) is 0 Å². The molecular formula is C10H19Cl. The summed E-state index contributed by atoms with van der Waals surface area (Å²) in [5.41, 5.74) is 0.489. The standard InChI is InChI=1S/C10H19Cl/c1-4-10(3,5-2)8-6-7-9-11/h6-7H,4-5,8-9H2,1-3H3. The van der Waals surface area contributed by atoms with Gasteiger partial charge in [0.1, 0.15) is 0 Å². The largest absolute Gasteiger partial charge is 0.122 e. The lowest BCUT2D eigenvalue weighted by atomic mass is 9.81. The van der Waals surface area contributed by atoms with Crippen LogP contribution in [-0.4, -0.2) is 5.88 Å². The Balaban J connectivity index is 3.77. The number of halogens is 1. The molecule has 0 aliphatic carbocycles. The Hall–Kier alpha value is 0.0300. The Bertz CT molecular complexity index is 112. The van der Waals surface area contributed by atoms with Crippen molar-refractivity contribution in [2.75, 3.05) is 5.88 Å².